The van der Waals surface area contributed by atoms with Crippen LogP contribution in [0.4, 0.5) is 0 Å². The average molecular weight is 637 g/mol. The van der Waals surface area contributed by atoms with Crippen LogP contribution in [0, 0.1) is 40.4 Å². The van der Waals surface area contributed by atoms with Gasteiger partial charge in [-0.25, -0.2) is 0 Å². The fraction of sp³-hybridized carbons (Fsp3) is 0.912. The molecule has 42 heavy (non-hydrogen) atoms. The molecule has 0 N–H and O–H groups in total. The van der Waals surface area contributed by atoms with Crippen molar-refractivity contribution in [3.63, 3.8) is 0 Å². The molecule has 0 aromatic carbocycles. The Bertz CT molecular complexity index is 1010. The fourth-order valence-corrected chi connectivity index (χ4v) is 13.3. The average Bonchev–Trinajstić information content (AvgIpc) is 3.19. The lowest BCUT2D eigenvalue weighted by Gasteiger charge is -2.63. The summed E-state index contributed by atoms with van der Waals surface area (Å²) in [5, 5.41) is 0. The molecule has 8 heteroatoms. The standard InChI is InChI=1S/C34H64O5Si3/c1-23(14-17-31(35)36-4)26-15-16-27-32-28(22-30(34(26,27)3)39-42(11,12)13)33(2)19-18-25(37-40(5,6)7)20-24(33)21-29(32)38-41(8,9)10/h21,23,25-30,32H,14-20,22H2,1-13H3/t23-,25?,26-,27?,28?,29?,30?,32?,33+,34-/m1/s1. The summed E-state index contributed by atoms with van der Waals surface area (Å²) in [5.74, 6) is 2.56. The van der Waals surface area contributed by atoms with E-state index in [4.69, 9.17) is 18.0 Å². The van der Waals surface area contributed by atoms with E-state index in [1.54, 1.807) is 5.57 Å². The highest BCUT2D eigenvalue weighted by molar-refractivity contribution is 6.70. The Morgan fingerprint density at radius 3 is 2.10 bits per heavy atom. The summed E-state index contributed by atoms with van der Waals surface area (Å²) in [4.78, 5) is 12.1. The molecule has 6 unspecified atom stereocenters. The van der Waals surface area contributed by atoms with Gasteiger partial charge in [0, 0.05) is 12.5 Å². The molecule has 0 spiro atoms. The third kappa shape index (κ3) is 7.24. The van der Waals surface area contributed by atoms with Crippen LogP contribution in [0.15, 0.2) is 11.6 Å². The summed E-state index contributed by atoms with van der Waals surface area (Å²) in [6.45, 7) is 28.7. The number of hydrogen-bond acceptors (Lipinski definition) is 5. The predicted molar refractivity (Wildman–Crippen MR) is 181 cm³/mol. The zero-order valence-corrected chi connectivity index (χ0v) is 32.4. The molecule has 3 fully saturated rings. The highest BCUT2D eigenvalue weighted by atomic mass is 28.4. The zero-order chi connectivity index (χ0) is 31.5. The second kappa shape index (κ2) is 12.2. The molecule has 0 amide bonds. The zero-order valence-electron chi connectivity index (χ0n) is 29.4. The first-order chi connectivity index (χ1) is 19.2. The lowest BCUT2D eigenvalue weighted by atomic mass is 9.45. The highest BCUT2D eigenvalue weighted by Gasteiger charge is 2.65. The van der Waals surface area contributed by atoms with Crippen molar-refractivity contribution in [3.05, 3.63) is 11.6 Å². The van der Waals surface area contributed by atoms with Crippen LogP contribution < -0.4 is 0 Å². The van der Waals surface area contributed by atoms with Crippen molar-refractivity contribution in [3.8, 4) is 0 Å². The molecule has 5 nitrogen and oxygen atoms in total. The van der Waals surface area contributed by atoms with Gasteiger partial charge >= 0.3 is 5.97 Å². The smallest absolute Gasteiger partial charge is 0.305 e. The third-order valence-electron chi connectivity index (χ3n) is 11.4. The number of ether oxygens (including phenoxy) is 1. The Hall–Kier alpha value is -0.259. The molecule has 10 atom stereocenters. The normalized spacial score (nSPS) is 39.5. The summed E-state index contributed by atoms with van der Waals surface area (Å²) >= 11 is 0. The van der Waals surface area contributed by atoms with E-state index < -0.39 is 25.0 Å². The number of rotatable bonds is 10. The van der Waals surface area contributed by atoms with Crippen molar-refractivity contribution in [1.29, 1.82) is 0 Å². The van der Waals surface area contributed by atoms with Crippen LogP contribution in [0.3, 0.4) is 0 Å². The van der Waals surface area contributed by atoms with E-state index >= 15 is 0 Å². The van der Waals surface area contributed by atoms with Crippen LogP contribution in [-0.2, 0) is 22.8 Å². The molecule has 3 saturated carbocycles. The van der Waals surface area contributed by atoms with Crippen molar-refractivity contribution in [2.75, 3.05) is 7.11 Å². The maximum atomic E-state index is 12.1. The van der Waals surface area contributed by atoms with Crippen LogP contribution in [0.1, 0.15) is 72.1 Å². The Morgan fingerprint density at radius 1 is 0.905 bits per heavy atom. The van der Waals surface area contributed by atoms with Gasteiger partial charge in [-0.15, -0.1) is 0 Å². The number of methoxy groups -OCH3 is 1. The molecule has 0 aliphatic heterocycles. The van der Waals surface area contributed by atoms with Crippen LogP contribution in [-0.4, -0.2) is 56.3 Å². The minimum atomic E-state index is -1.80. The number of esters is 1. The Balaban J connectivity index is 1.76. The fourth-order valence-electron chi connectivity index (χ4n) is 9.87. The summed E-state index contributed by atoms with van der Waals surface area (Å²) in [5.41, 5.74) is 1.87. The van der Waals surface area contributed by atoms with Crippen molar-refractivity contribution in [2.45, 2.75) is 149 Å². The minimum Gasteiger partial charge on any atom is -0.469 e. The molecule has 242 valence electrons. The van der Waals surface area contributed by atoms with E-state index in [9.17, 15) is 4.79 Å². The van der Waals surface area contributed by atoms with Gasteiger partial charge in [0.15, 0.2) is 25.0 Å². The first-order valence-corrected chi connectivity index (χ1v) is 27.2. The number of hydrogen-bond donors (Lipinski definition) is 0. The molecule has 0 saturated heterocycles. The van der Waals surface area contributed by atoms with Gasteiger partial charge < -0.3 is 18.0 Å². The first kappa shape index (κ1) is 34.6. The molecule has 0 aromatic heterocycles. The maximum absolute atomic E-state index is 12.1. The minimum absolute atomic E-state index is 0.0812. The van der Waals surface area contributed by atoms with E-state index in [-0.39, 0.29) is 29.0 Å². The van der Waals surface area contributed by atoms with Crippen molar-refractivity contribution < 1.29 is 22.8 Å². The molecule has 0 aromatic rings. The van der Waals surface area contributed by atoms with Crippen molar-refractivity contribution in [2.24, 2.45) is 40.4 Å². The first-order valence-electron chi connectivity index (χ1n) is 17.0. The van der Waals surface area contributed by atoms with Gasteiger partial charge in [0.2, 0.25) is 0 Å². The maximum Gasteiger partial charge on any atom is 0.305 e. The quantitative estimate of drug-likeness (QED) is 0.136. The van der Waals surface area contributed by atoms with Crippen molar-refractivity contribution in [1.82, 2.24) is 0 Å². The van der Waals surface area contributed by atoms with Gasteiger partial charge in [-0.2, -0.15) is 0 Å². The monoisotopic (exact) mass is 636 g/mol. The van der Waals surface area contributed by atoms with Crippen LogP contribution >= 0.6 is 0 Å². The SMILES string of the molecule is COC(=O)CC[C@@H](C)[C@H]1CCC2C3C(O[Si](C)(C)C)C=C4CC(O[Si](C)(C)C)CC[C@]4(C)C3CC(O[Si](C)(C)C)[C@@]21C. The summed E-state index contributed by atoms with van der Waals surface area (Å²) < 4.78 is 26.2. The van der Waals surface area contributed by atoms with Gasteiger partial charge in [0.1, 0.15) is 0 Å². The third-order valence-corrected chi connectivity index (χ3v) is 14.4. The van der Waals surface area contributed by atoms with E-state index in [0.717, 1.165) is 25.7 Å². The number of carbonyl (C=O) groups is 1. The predicted octanol–water partition coefficient (Wildman–Crippen LogP) is 9.03. The van der Waals surface area contributed by atoms with E-state index in [1.165, 1.54) is 26.4 Å². The number of carbonyl (C=O) groups excluding carboxylic acids is 1. The van der Waals surface area contributed by atoms with Crippen LogP contribution in [0.2, 0.25) is 58.9 Å². The Labute approximate surface area is 261 Å². The molecular weight excluding hydrogens is 573 g/mol. The van der Waals surface area contributed by atoms with Gasteiger partial charge in [-0.05, 0) is 144 Å². The molecule has 4 aliphatic rings. The van der Waals surface area contributed by atoms with E-state index in [0.29, 0.717) is 42.1 Å². The van der Waals surface area contributed by atoms with Gasteiger partial charge in [0.05, 0.1) is 19.3 Å². The molecule has 4 rings (SSSR count). The molecule has 0 radical (unpaired) electrons. The van der Waals surface area contributed by atoms with Gasteiger partial charge in [-0.3, -0.25) is 4.79 Å². The van der Waals surface area contributed by atoms with E-state index in [1.807, 2.05) is 0 Å². The molecule has 0 bridgehead atoms. The molecular formula is C34H64O5Si3. The largest absolute Gasteiger partial charge is 0.469 e. The van der Waals surface area contributed by atoms with E-state index in [2.05, 4.69) is 85.8 Å². The number of fused-ring (bicyclic) bond motifs is 5. The highest BCUT2D eigenvalue weighted by Crippen LogP contribution is 2.68. The summed E-state index contributed by atoms with van der Waals surface area (Å²) in [7, 11) is -3.70. The lowest BCUT2D eigenvalue weighted by Crippen LogP contribution is -2.62. The second-order valence-electron chi connectivity index (χ2n) is 17.8. The Kier molecular flexibility index (Phi) is 10.0. The van der Waals surface area contributed by atoms with Gasteiger partial charge in [-0.1, -0.05) is 32.4 Å². The van der Waals surface area contributed by atoms with Gasteiger partial charge in [0.25, 0.3) is 0 Å². The lowest BCUT2D eigenvalue weighted by molar-refractivity contribution is -0.150. The summed E-state index contributed by atoms with van der Waals surface area (Å²) in [6, 6.07) is 0. The van der Waals surface area contributed by atoms with Crippen LogP contribution in [0.25, 0.3) is 0 Å². The molecule has 4 aliphatic carbocycles. The summed E-state index contributed by atoms with van der Waals surface area (Å²) in [6.07, 6.45) is 11.8. The topological polar surface area (TPSA) is 54.0 Å². The molecule has 0 heterocycles. The Morgan fingerprint density at radius 2 is 1.52 bits per heavy atom. The second-order valence-corrected chi connectivity index (χ2v) is 31.2. The van der Waals surface area contributed by atoms with Crippen molar-refractivity contribution >= 4 is 30.9 Å². The van der Waals surface area contributed by atoms with Crippen LogP contribution in [0.5, 0.6) is 0 Å².